The molecule has 1 rings (SSSR count). The number of hydrogen-bond donors (Lipinski definition) is 2. The van der Waals surface area contributed by atoms with Crippen LogP contribution < -0.4 is 0 Å². The summed E-state index contributed by atoms with van der Waals surface area (Å²) in [4.78, 5) is 11.4. The van der Waals surface area contributed by atoms with Gasteiger partial charge in [-0.05, 0) is 32.1 Å². The van der Waals surface area contributed by atoms with Crippen LogP contribution in [0.5, 0.6) is 0 Å². The van der Waals surface area contributed by atoms with Crippen LogP contribution in [-0.2, 0) is 14.3 Å². The van der Waals surface area contributed by atoms with E-state index >= 15 is 0 Å². The number of allylic oxidation sites excluding steroid dienone is 1. The van der Waals surface area contributed by atoms with E-state index in [0.29, 0.717) is 18.6 Å². The van der Waals surface area contributed by atoms with Crippen molar-refractivity contribution in [2.24, 2.45) is 0 Å². The molecule has 0 bridgehead atoms. The van der Waals surface area contributed by atoms with Crippen LogP contribution in [0, 0.1) is 0 Å². The van der Waals surface area contributed by atoms with Crippen molar-refractivity contribution in [3.63, 3.8) is 0 Å². The van der Waals surface area contributed by atoms with Crippen molar-refractivity contribution in [3.8, 4) is 0 Å². The Morgan fingerprint density at radius 1 is 1.08 bits per heavy atom. The van der Waals surface area contributed by atoms with Crippen LogP contribution >= 0.6 is 0 Å². The number of ether oxygens (including phenoxy) is 2. The van der Waals surface area contributed by atoms with E-state index in [4.69, 9.17) is 19.7 Å². The van der Waals surface area contributed by atoms with Gasteiger partial charge in [-0.15, -0.1) is 0 Å². The highest BCUT2D eigenvalue weighted by molar-refractivity contribution is 5.69. The molecule has 26 heavy (non-hydrogen) atoms. The van der Waals surface area contributed by atoms with E-state index in [2.05, 4.69) is 19.1 Å². The van der Waals surface area contributed by atoms with Crippen LogP contribution in [0.3, 0.4) is 0 Å². The third kappa shape index (κ3) is 12.4. The quantitative estimate of drug-likeness (QED) is 0.176. The zero-order chi connectivity index (χ0) is 19.0. The molecule has 1 aliphatic rings. The summed E-state index contributed by atoms with van der Waals surface area (Å²) >= 11 is 0. The highest BCUT2D eigenvalue weighted by Crippen LogP contribution is 2.30. The summed E-state index contributed by atoms with van der Waals surface area (Å²) in [5.41, 5.74) is 0. The summed E-state index contributed by atoms with van der Waals surface area (Å²) in [6, 6.07) is 0. The van der Waals surface area contributed by atoms with E-state index in [1.54, 1.807) is 0 Å². The first-order chi connectivity index (χ1) is 12.7. The van der Waals surface area contributed by atoms with Gasteiger partial charge in [0.15, 0.2) is 0 Å². The summed E-state index contributed by atoms with van der Waals surface area (Å²) in [6.07, 6.45) is 17.5. The molecule has 0 amide bonds. The van der Waals surface area contributed by atoms with Gasteiger partial charge >= 0.3 is 5.97 Å². The average Bonchev–Trinajstić information content (AvgIpc) is 3.39. The van der Waals surface area contributed by atoms with Gasteiger partial charge in [-0.25, -0.2) is 0 Å². The van der Waals surface area contributed by atoms with Gasteiger partial charge in [0.05, 0.1) is 18.8 Å². The molecular formula is C21H38O5. The molecule has 2 N–H and O–H groups in total. The van der Waals surface area contributed by atoms with Gasteiger partial charge in [-0.1, -0.05) is 57.6 Å². The maximum Gasteiger partial charge on any atom is 0.305 e. The van der Waals surface area contributed by atoms with Gasteiger partial charge in [-0.3, -0.25) is 4.79 Å². The van der Waals surface area contributed by atoms with E-state index in [9.17, 15) is 4.79 Å². The van der Waals surface area contributed by atoms with Crippen LogP contribution in [0.25, 0.3) is 0 Å². The van der Waals surface area contributed by atoms with Crippen LogP contribution in [0.1, 0.15) is 84.0 Å². The van der Waals surface area contributed by atoms with Crippen molar-refractivity contribution >= 4 is 5.97 Å². The second-order valence-corrected chi connectivity index (χ2v) is 7.24. The molecule has 0 saturated carbocycles. The van der Waals surface area contributed by atoms with Crippen LogP contribution in [0.2, 0.25) is 0 Å². The normalized spacial score (nSPS) is 20.4. The molecule has 0 aromatic rings. The number of aliphatic hydroxyl groups is 2. The third-order valence-corrected chi connectivity index (χ3v) is 4.71. The molecule has 1 saturated heterocycles. The van der Waals surface area contributed by atoms with E-state index in [1.807, 2.05) is 0 Å². The molecule has 0 spiro atoms. The molecule has 1 heterocycles. The summed E-state index contributed by atoms with van der Waals surface area (Å²) < 4.78 is 10.6. The molecule has 152 valence electrons. The van der Waals surface area contributed by atoms with E-state index in [-0.39, 0.29) is 19.2 Å². The number of hydrogen-bond acceptors (Lipinski definition) is 5. The number of carbonyl (C=O) groups is 1. The molecule has 0 radical (unpaired) electrons. The summed E-state index contributed by atoms with van der Waals surface area (Å²) in [5.74, 6) is -0.297. The molecule has 2 unspecified atom stereocenters. The standard InChI is InChI=1S/C21H38O5/c1-2-3-4-5-7-10-13-19-20(26-19)14-11-8-6-9-12-15-21(24)25-17-18(23)16-22/h7,10,18-20,22-23H,2-6,8-9,11-17H2,1H3/b10-7-/t18-,19?,20?/m0/s1. The predicted molar refractivity (Wildman–Crippen MR) is 103 cm³/mol. The van der Waals surface area contributed by atoms with E-state index in [1.165, 1.54) is 38.5 Å². The first kappa shape index (κ1) is 23.1. The first-order valence-electron chi connectivity index (χ1n) is 10.4. The largest absolute Gasteiger partial charge is 0.463 e. The van der Waals surface area contributed by atoms with Gasteiger partial charge in [0.1, 0.15) is 12.7 Å². The SMILES string of the molecule is CCCCC/C=C\CC1OC1CCCCCCCC(=O)OC[C@@H](O)CO. The van der Waals surface area contributed by atoms with Crippen LogP contribution in [0.4, 0.5) is 0 Å². The Hall–Kier alpha value is -0.910. The molecule has 5 heteroatoms. The smallest absolute Gasteiger partial charge is 0.305 e. The molecule has 0 aliphatic carbocycles. The lowest BCUT2D eigenvalue weighted by atomic mass is 10.1. The second kappa shape index (κ2) is 15.2. The Balaban J connectivity index is 1.83. The summed E-state index contributed by atoms with van der Waals surface area (Å²) in [5, 5.41) is 17.7. The molecule has 3 atom stereocenters. The molecule has 5 nitrogen and oxygen atoms in total. The second-order valence-electron chi connectivity index (χ2n) is 7.24. The topological polar surface area (TPSA) is 79.3 Å². The first-order valence-corrected chi connectivity index (χ1v) is 10.4. The monoisotopic (exact) mass is 370 g/mol. The van der Waals surface area contributed by atoms with Crippen molar-refractivity contribution in [1.29, 1.82) is 0 Å². The highest BCUT2D eigenvalue weighted by atomic mass is 16.6. The number of aliphatic hydroxyl groups excluding tert-OH is 2. The number of esters is 1. The Labute approximate surface area is 158 Å². The zero-order valence-corrected chi connectivity index (χ0v) is 16.4. The third-order valence-electron chi connectivity index (χ3n) is 4.71. The van der Waals surface area contributed by atoms with Crippen LogP contribution in [0.15, 0.2) is 12.2 Å². The van der Waals surface area contributed by atoms with Gasteiger partial charge in [0.25, 0.3) is 0 Å². The summed E-state index contributed by atoms with van der Waals surface area (Å²) in [7, 11) is 0. The predicted octanol–water partition coefficient (Wildman–Crippen LogP) is 3.91. The van der Waals surface area contributed by atoms with Crippen molar-refractivity contribution in [3.05, 3.63) is 12.2 Å². The highest BCUT2D eigenvalue weighted by Gasteiger charge is 2.36. The number of carbonyl (C=O) groups excluding carboxylic acids is 1. The van der Waals surface area contributed by atoms with Crippen molar-refractivity contribution < 1.29 is 24.5 Å². The van der Waals surface area contributed by atoms with Crippen molar-refractivity contribution in [2.45, 2.75) is 102 Å². The number of rotatable bonds is 17. The number of epoxide rings is 1. The zero-order valence-electron chi connectivity index (χ0n) is 16.4. The minimum absolute atomic E-state index is 0.119. The minimum Gasteiger partial charge on any atom is -0.463 e. The maximum absolute atomic E-state index is 11.4. The Morgan fingerprint density at radius 3 is 2.62 bits per heavy atom. The maximum atomic E-state index is 11.4. The van der Waals surface area contributed by atoms with Crippen LogP contribution in [-0.4, -0.2) is 47.7 Å². The molecular weight excluding hydrogens is 332 g/mol. The lowest BCUT2D eigenvalue weighted by Crippen LogP contribution is -2.21. The van der Waals surface area contributed by atoms with Gasteiger partial charge in [-0.2, -0.15) is 0 Å². The van der Waals surface area contributed by atoms with E-state index < -0.39 is 6.10 Å². The fourth-order valence-corrected chi connectivity index (χ4v) is 2.96. The molecule has 0 aromatic heterocycles. The molecule has 1 aliphatic heterocycles. The van der Waals surface area contributed by atoms with Gasteiger partial charge in [0, 0.05) is 6.42 Å². The fraction of sp³-hybridized carbons (Fsp3) is 0.857. The molecule has 0 aromatic carbocycles. The average molecular weight is 371 g/mol. The van der Waals surface area contributed by atoms with Crippen molar-refractivity contribution in [2.75, 3.05) is 13.2 Å². The Morgan fingerprint density at radius 2 is 1.85 bits per heavy atom. The van der Waals surface area contributed by atoms with Gasteiger partial charge in [0.2, 0.25) is 0 Å². The Kier molecular flexibility index (Phi) is 13.5. The lowest BCUT2D eigenvalue weighted by Gasteiger charge is -2.08. The van der Waals surface area contributed by atoms with E-state index in [0.717, 1.165) is 32.1 Å². The summed E-state index contributed by atoms with van der Waals surface area (Å²) in [6.45, 7) is 1.73. The fourth-order valence-electron chi connectivity index (χ4n) is 2.96. The lowest BCUT2D eigenvalue weighted by molar-refractivity contribution is -0.147. The van der Waals surface area contributed by atoms with Crippen molar-refractivity contribution in [1.82, 2.24) is 0 Å². The molecule has 1 fully saturated rings. The van der Waals surface area contributed by atoms with Gasteiger partial charge < -0.3 is 19.7 Å². The Bertz CT molecular complexity index is 383. The minimum atomic E-state index is -0.969. The number of unbranched alkanes of at least 4 members (excludes halogenated alkanes) is 7.